The Morgan fingerprint density at radius 2 is 1.86 bits per heavy atom. The van der Waals surface area contributed by atoms with Crippen molar-refractivity contribution in [1.29, 1.82) is 0 Å². The molecule has 0 aliphatic rings. The first-order chi connectivity index (χ1) is 9.81. The highest BCUT2D eigenvalue weighted by atomic mass is 16.4. The molecule has 0 saturated carbocycles. The van der Waals surface area contributed by atoms with Crippen molar-refractivity contribution in [3.05, 3.63) is 46.4 Å². The fraction of sp³-hybridized carbons (Fsp3) is 0.200. The number of hydrogen-bond donors (Lipinski definition) is 3. The molecule has 0 unspecified atom stereocenters. The predicted molar refractivity (Wildman–Crippen MR) is 78.7 cm³/mol. The van der Waals surface area contributed by atoms with Gasteiger partial charge in [-0.15, -0.1) is 0 Å². The minimum Gasteiger partial charge on any atom is -0.478 e. The summed E-state index contributed by atoms with van der Waals surface area (Å²) in [7, 11) is 0. The van der Waals surface area contributed by atoms with E-state index in [9.17, 15) is 9.59 Å². The van der Waals surface area contributed by atoms with Crippen LogP contribution in [0.15, 0.2) is 22.6 Å². The highest BCUT2D eigenvalue weighted by molar-refractivity contribution is 6.07. The molecule has 1 aromatic carbocycles. The zero-order valence-corrected chi connectivity index (χ0v) is 12.0. The fourth-order valence-electron chi connectivity index (χ4n) is 2.12. The highest BCUT2D eigenvalue weighted by Crippen LogP contribution is 2.24. The van der Waals surface area contributed by atoms with Crippen LogP contribution in [0.25, 0.3) is 0 Å². The minimum atomic E-state index is -1.07. The van der Waals surface area contributed by atoms with E-state index in [-0.39, 0.29) is 17.2 Å². The second kappa shape index (κ2) is 5.32. The number of carbonyl (C=O) groups is 2. The lowest BCUT2D eigenvalue weighted by Gasteiger charge is -2.09. The number of furan rings is 1. The summed E-state index contributed by atoms with van der Waals surface area (Å²) >= 11 is 0. The summed E-state index contributed by atoms with van der Waals surface area (Å²) in [6, 6.07) is 4.15. The number of rotatable bonds is 3. The van der Waals surface area contributed by atoms with Crippen molar-refractivity contribution in [2.24, 2.45) is 0 Å². The fourth-order valence-corrected chi connectivity index (χ4v) is 2.12. The Morgan fingerprint density at radius 3 is 2.33 bits per heavy atom. The van der Waals surface area contributed by atoms with Gasteiger partial charge in [-0.2, -0.15) is 0 Å². The molecule has 1 aromatic heterocycles. The van der Waals surface area contributed by atoms with Gasteiger partial charge in [0.05, 0.1) is 22.5 Å². The smallest absolute Gasteiger partial charge is 0.335 e. The Balaban J connectivity index is 2.30. The predicted octanol–water partition coefficient (Wildman–Crippen LogP) is 2.74. The summed E-state index contributed by atoms with van der Waals surface area (Å²) in [5.74, 6) is -0.191. The van der Waals surface area contributed by atoms with E-state index in [2.05, 4.69) is 5.32 Å². The Hall–Kier alpha value is -2.76. The van der Waals surface area contributed by atoms with Gasteiger partial charge in [-0.25, -0.2) is 4.79 Å². The largest absolute Gasteiger partial charge is 0.478 e. The van der Waals surface area contributed by atoms with E-state index >= 15 is 0 Å². The number of carboxylic acid groups (broad SMARTS) is 1. The SMILES string of the molecule is Cc1oc(C)c(C(=O)Nc2ccc(C(=O)O)cc2N)c1C. The number of nitrogens with two attached hydrogens (primary N) is 1. The second-order valence-electron chi connectivity index (χ2n) is 4.78. The van der Waals surface area contributed by atoms with Gasteiger partial charge in [0.15, 0.2) is 0 Å². The van der Waals surface area contributed by atoms with E-state index in [1.54, 1.807) is 20.8 Å². The molecule has 6 heteroatoms. The van der Waals surface area contributed by atoms with Crippen LogP contribution in [0, 0.1) is 20.8 Å². The van der Waals surface area contributed by atoms with Crippen LogP contribution < -0.4 is 11.1 Å². The van der Waals surface area contributed by atoms with Gasteiger partial charge in [0.2, 0.25) is 0 Å². The average Bonchev–Trinajstić information content (AvgIpc) is 2.65. The average molecular weight is 288 g/mol. The summed E-state index contributed by atoms with van der Waals surface area (Å²) in [4.78, 5) is 23.1. The van der Waals surface area contributed by atoms with Crippen LogP contribution in [0.5, 0.6) is 0 Å². The molecule has 2 aromatic rings. The van der Waals surface area contributed by atoms with Crippen LogP contribution in [0.3, 0.4) is 0 Å². The van der Waals surface area contributed by atoms with Crippen LogP contribution in [-0.2, 0) is 0 Å². The third kappa shape index (κ3) is 2.74. The van der Waals surface area contributed by atoms with Gasteiger partial charge in [-0.05, 0) is 39.0 Å². The molecular weight excluding hydrogens is 272 g/mol. The molecule has 1 heterocycles. The van der Waals surface area contributed by atoms with Gasteiger partial charge >= 0.3 is 5.97 Å². The third-order valence-corrected chi connectivity index (χ3v) is 3.34. The maximum absolute atomic E-state index is 12.3. The molecule has 1 amide bonds. The van der Waals surface area contributed by atoms with Crippen LogP contribution in [-0.4, -0.2) is 17.0 Å². The number of anilines is 2. The van der Waals surface area contributed by atoms with E-state index < -0.39 is 5.97 Å². The Bertz CT molecular complexity index is 732. The molecule has 0 radical (unpaired) electrons. The Morgan fingerprint density at radius 1 is 1.19 bits per heavy atom. The van der Waals surface area contributed by atoms with Crippen molar-refractivity contribution >= 4 is 23.3 Å². The minimum absolute atomic E-state index is 0.0667. The normalized spacial score (nSPS) is 10.4. The topological polar surface area (TPSA) is 106 Å². The number of carboxylic acids is 1. The summed E-state index contributed by atoms with van der Waals surface area (Å²) in [5.41, 5.74) is 7.62. The maximum Gasteiger partial charge on any atom is 0.335 e. The Kier molecular flexibility index (Phi) is 3.71. The number of nitrogens with one attached hydrogen (secondary N) is 1. The number of amides is 1. The van der Waals surface area contributed by atoms with Gasteiger partial charge < -0.3 is 20.6 Å². The summed E-state index contributed by atoms with van der Waals surface area (Å²) in [6.45, 7) is 5.30. The molecule has 2 rings (SSSR count). The van der Waals surface area contributed by atoms with Crippen molar-refractivity contribution in [1.82, 2.24) is 0 Å². The standard InChI is InChI=1S/C15H16N2O4/c1-7-8(2)21-9(3)13(7)14(18)17-12-5-4-10(15(19)20)6-11(12)16/h4-6H,16H2,1-3H3,(H,17,18)(H,19,20). The van der Waals surface area contributed by atoms with Gasteiger partial charge in [-0.1, -0.05) is 0 Å². The van der Waals surface area contributed by atoms with Gasteiger partial charge in [-0.3, -0.25) is 4.79 Å². The van der Waals surface area contributed by atoms with E-state index in [0.29, 0.717) is 22.8 Å². The molecule has 6 nitrogen and oxygen atoms in total. The maximum atomic E-state index is 12.3. The van der Waals surface area contributed by atoms with Crippen LogP contribution >= 0.6 is 0 Å². The van der Waals surface area contributed by atoms with Crippen LogP contribution in [0.2, 0.25) is 0 Å². The lowest BCUT2D eigenvalue weighted by atomic mass is 10.1. The van der Waals surface area contributed by atoms with Crippen molar-refractivity contribution in [2.75, 3.05) is 11.1 Å². The summed E-state index contributed by atoms with van der Waals surface area (Å²) in [5, 5.41) is 11.6. The van der Waals surface area contributed by atoms with Crippen LogP contribution in [0.4, 0.5) is 11.4 Å². The van der Waals surface area contributed by atoms with E-state index in [0.717, 1.165) is 5.56 Å². The number of benzene rings is 1. The molecule has 0 fully saturated rings. The number of hydrogen-bond acceptors (Lipinski definition) is 4. The van der Waals surface area contributed by atoms with Gasteiger partial charge in [0.1, 0.15) is 11.5 Å². The first-order valence-electron chi connectivity index (χ1n) is 6.32. The molecular formula is C15H16N2O4. The molecule has 0 spiro atoms. The second-order valence-corrected chi connectivity index (χ2v) is 4.78. The number of nitrogen functional groups attached to an aromatic ring is 1. The van der Waals surface area contributed by atoms with E-state index in [1.807, 2.05) is 0 Å². The Labute approximate surface area is 121 Å². The highest BCUT2D eigenvalue weighted by Gasteiger charge is 2.19. The molecule has 21 heavy (non-hydrogen) atoms. The first-order valence-corrected chi connectivity index (χ1v) is 6.32. The molecule has 0 saturated heterocycles. The number of carbonyl (C=O) groups excluding carboxylic acids is 1. The summed E-state index contributed by atoms with van der Waals surface area (Å²) < 4.78 is 5.42. The molecule has 110 valence electrons. The quantitative estimate of drug-likeness (QED) is 0.753. The molecule has 0 aliphatic carbocycles. The molecule has 0 aliphatic heterocycles. The number of aryl methyl sites for hydroxylation is 2. The van der Waals surface area contributed by atoms with E-state index in [1.165, 1.54) is 18.2 Å². The van der Waals surface area contributed by atoms with Crippen molar-refractivity contribution in [3.8, 4) is 0 Å². The third-order valence-electron chi connectivity index (χ3n) is 3.34. The first kappa shape index (κ1) is 14.6. The zero-order valence-electron chi connectivity index (χ0n) is 12.0. The zero-order chi connectivity index (χ0) is 15.7. The molecule has 4 N–H and O–H groups in total. The molecule has 0 bridgehead atoms. The van der Waals surface area contributed by atoms with Crippen molar-refractivity contribution < 1.29 is 19.1 Å². The van der Waals surface area contributed by atoms with Gasteiger partial charge in [0, 0.05) is 5.56 Å². The van der Waals surface area contributed by atoms with Gasteiger partial charge in [0.25, 0.3) is 5.91 Å². The monoisotopic (exact) mass is 288 g/mol. The van der Waals surface area contributed by atoms with Crippen molar-refractivity contribution in [3.63, 3.8) is 0 Å². The number of aromatic carboxylic acids is 1. The molecule has 0 atom stereocenters. The lowest BCUT2D eigenvalue weighted by molar-refractivity contribution is 0.0696. The summed E-state index contributed by atoms with van der Waals surface area (Å²) in [6.07, 6.45) is 0. The van der Waals surface area contributed by atoms with Crippen LogP contribution in [0.1, 0.15) is 37.8 Å². The van der Waals surface area contributed by atoms with Crippen molar-refractivity contribution in [2.45, 2.75) is 20.8 Å². The lowest BCUT2D eigenvalue weighted by Crippen LogP contribution is -2.15. The van der Waals surface area contributed by atoms with E-state index in [4.69, 9.17) is 15.3 Å².